The smallest absolute Gasteiger partial charge is 0.251 e. The molecule has 0 aliphatic carbocycles. The Morgan fingerprint density at radius 1 is 0.915 bits per heavy atom. The Labute approximate surface area is 279 Å². The second-order valence-corrected chi connectivity index (χ2v) is 13.8. The van der Waals surface area contributed by atoms with Crippen molar-refractivity contribution < 1.29 is 27.5 Å². The van der Waals surface area contributed by atoms with Crippen LogP contribution in [0.4, 0.5) is 11.4 Å². The van der Waals surface area contributed by atoms with Crippen molar-refractivity contribution in [3.63, 3.8) is 0 Å². The van der Waals surface area contributed by atoms with Gasteiger partial charge in [-0.3, -0.25) is 18.7 Å². The van der Waals surface area contributed by atoms with Gasteiger partial charge in [0.25, 0.3) is 11.8 Å². The Morgan fingerprint density at radius 3 is 2.21 bits per heavy atom. The molecule has 1 aromatic heterocycles. The number of ether oxygens (including phenoxy) is 1. The van der Waals surface area contributed by atoms with E-state index in [0.717, 1.165) is 21.7 Å². The Balaban J connectivity index is 1.51. The first-order valence-corrected chi connectivity index (χ1v) is 17.6. The number of rotatable bonds is 15. The van der Waals surface area contributed by atoms with E-state index in [1.54, 1.807) is 38.3 Å². The van der Waals surface area contributed by atoms with E-state index in [2.05, 4.69) is 21.3 Å². The van der Waals surface area contributed by atoms with E-state index in [9.17, 15) is 22.8 Å². The van der Waals surface area contributed by atoms with Gasteiger partial charge in [0, 0.05) is 43.0 Å². The quantitative estimate of drug-likeness (QED) is 0.149. The Bertz CT molecular complexity index is 1760. The second-order valence-electron chi connectivity index (χ2n) is 11.0. The molecular weight excluding hydrogens is 639 g/mol. The molecule has 3 amide bonds. The van der Waals surface area contributed by atoms with Gasteiger partial charge in [-0.15, -0.1) is 0 Å². The summed E-state index contributed by atoms with van der Waals surface area (Å²) in [4.78, 5) is 39.8. The summed E-state index contributed by atoms with van der Waals surface area (Å²) in [6, 6.07) is 21.6. The molecule has 4 N–H and O–H groups in total. The third-order valence-electron chi connectivity index (χ3n) is 7.42. The average Bonchev–Trinajstić information content (AvgIpc) is 3.58. The van der Waals surface area contributed by atoms with Crippen molar-refractivity contribution in [2.24, 2.45) is 0 Å². The zero-order valence-corrected chi connectivity index (χ0v) is 28.3. The predicted molar refractivity (Wildman–Crippen MR) is 186 cm³/mol. The van der Waals surface area contributed by atoms with E-state index in [1.807, 2.05) is 47.2 Å². The van der Waals surface area contributed by atoms with Crippen molar-refractivity contribution in [3.8, 4) is 5.75 Å². The molecule has 4 rings (SSSR count). The fourth-order valence-electron chi connectivity index (χ4n) is 4.60. The summed E-state index contributed by atoms with van der Waals surface area (Å²) in [5.41, 5.74) is 2.93. The summed E-state index contributed by atoms with van der Waals surface area (Å²) in [7, 11) is -0.760. The first-order chi connectivity index (χ1) is 22.4. The highest BCUT2D eigenvalue weighted by molar-refractivity contribution is 7.92. The standard InChI is InChI=1S/C34H39N5O6S2/c1-23(32(40)37-28-10-12-31(45-3)13-11-28)35-21-29(16-25-14-15-46-22-25)38-34(42)27-17-26(18-30(19-27)39(2)47(4,43)44)33(41)36-20-24-8-6-5-7-9-24/h5-15,17-19,22-23,29,35H,16,20-21H2,1-4H3,(H,36,41)(H,37,40)(H,38,42)/t23-,29-/m0/s1. The molecule has 0 aliphatic heterocycles. The molecule has 3 aromatic carbocycles. The van der Waals surface area contributed by atoms with Gasteiger partial charge in [0.15, 0.2) is 0 Å². The summed E-state index contributed by atoms with van der Waals surface area (Å²) >= 11 is 1.53. The first kappa shape index (κ1) is 35.1. The van der Waals surface area contributed by atoms with Crippen molar-refractivity contribution in [3.05, 3.63) is 112 Å². The molecule has 0 aliphatic rings. The number of nitrogens with one attached hydrogen (secondary N) is 4. The molecule has 0 radical (unpaired) electrons. The molecule has 2 atom stereocenters. The number of carbonyl (C=O) groups excluding carboxylic acids is 3. The Morgan fingerprint density at radius 2 is 1.60 bits per heavy atom. The number of thiophene rings is 1. The zero-order chi connectivity index (χ0) is 34.0. The fourth-order valence-corrected chi connectivity index (χ4v) is 5.77. The van der Waals surface area contributed by atoms with E-state index in [4.69, 9.17) is 4.74 Å². The Hall–Kier alpha value is -4.72. The van der Waals surface area contributed by atoms with E-state index in [0.29, 0.717) is 17.9 Å². The van der Waals surface area contributed by atoms with Crippen LogP contribution in [0.25, 0.3) is 0 Å². The van der Waals surface area contributed by atoms with Crippen molar-refractivity contribution in [2.75, 3.05) is 36.6 Å². The lowest BCUT2D eigenvalue weighted by Crippen LogP contribution is -2.48. The minimum Gasteiger partial charge on any atom is -0.497 e. The van der Waals surface area contributed by atoms with E-state index < -0.39 is 33.9 Å². The Kier molecular flexibility index (Phi) is 12.1. The van der Waals surface area contributed by atoms with Gasteiger partial charge in [-0.1, -0.05) is 30.3 Å². The maximum atomic E-state index is 13.7. The lowest BCUT2D eigenvalue weighted by molar-refractivity contribution is -0.117. The van der Waals surface area contributed by atoms with E-state index >= 15 is 0 Å². The third-order valence-corrected chi connectivity index (χ3v) is 9.36. The van der Waals surface area contributed by atoms with Crippen LogP contribution in [0.1, 0.15) is 38.8 Å². The number of benzene rings is 3. The number of methoxy groups -OCH3 is 1. The molecule has 0 saturated heterocycles. The molecule has 248 valence electrons. The van der Waals surface area contributed by atoms with Crippen molar-refractivity contribution in [1.29, 1.82) is 0 Å². The molecule has 0 bridgehead atoms. The van der Waals surface area contributed by atoms with Gasteiger partial charge < -0.3 is 26.0 Å². The molecule has 0 saturated carbocycles. The number of nitrogens with zero attached hydrogens (tertiary/aromatic N) is 1. The van der Waals surface area contributed by atoms with Crippen LogP contribution in [0.5, 0.6) is 5.75 Å². The lowest BCUT2D eigenvalue weighted by Gasteiger charge is -2.23. The minimum atomic E-state index is -3.69. The molecule has 1 heterocycles. The highest BCUT2D eigenvalue weighted by Crippen LogP contribution is 2.22. The van der Waals surface area contributed by atoms with Crippen molar-refractivity contribution in [2.45, 2.75) is 32.0 Å². The van der Waals surface area contributed by atoms with Crippen LogP contribution >= 0.6 is 11.3 Å². The number of anilines is 2. The summed E-state index contributed by atoms with van der Waals surface area (Å²) in [6.45, 7) is 2.24. The van der Waals surface area contributed by atoms with Crippen molar-refractivity contribution >= 4 is 50.5 Å². The maximum absolute atomic E-state index is 13.7. The highest BCUT2D eigenvalue weighted by Gasteiger charge is 2.22. The normalized spacial score (nSPS) is 12.4. The molecular formula is C34H39N5O6S2. The molecule has 0 unspecified atom stereocenters. The number of hydrogen-bond acceptors (Lipinski definition) is 8. The van der Waals surface area contributed by atoms with Gasteiger partial charge in [0.05, 0.1) is 25.1 Å². The minimum absolute atomic E-state index is 0.114. The molecule has 4 aromatic rings. The highest BCUT2D eigenvalue weighted by atomic mass is 32.2. The number of carbonyl (C=O) groups is 3. The number of amides is 3. The molecule has 13 heteroatoms. The predicted octanol–water partition coefficient (Wildman–Crippen LogP) is 4.04. The van der Waals surface area contributed by atoms with Crippen LogP contribution in [-0.4, -0.2) is 65.2 Å². The van der Waals surface area contributed by atoms with E-state index in [1.165, 1.54) is 36.6 Å². The summed E-state index contributed by atoms with van der Waals surface area (Å²) < 4.78 is 31.0. The largest absolute Gasteiger partial charge is 0.497 e. The number of hydrogen-bond donors (Lipinski definition) is 4. The van der Waals surface area contributed by atoms with Gasteiger partial charge in [0.2, 0.25) is 15.9 Å². The van der Waals surface area contributed by atoms with Crippen LogP contribution in [0.2, 0.25) is 0 Å². The van der Waals surface area contributed by atoms with Gasteiger partial charge in [-0.25, -0.2) is 8.42 Å². The van der Waals surface area contributed by atoms with Crippen LogP contribution in [0, 0.1) is 0 Å². The summed E-state index contributed by atoms with van der Waals surface area (Å²) in [5.74, 6) is -0.531. The third kappa shape index (κ3) is 10.4. The van der Waals surface area contributed by atoms with Gasteiger partial charge in [-0.05, 0) is 83.8 Å². The average molecular weight is 678 g/mol. The van der Waals surface area contributed by atoms with Crippen LogP contribution in [-0.2, 0) is 27.8 Å². The second kappa shape index (κ2) is 16.2. The van der Waals surface area contributed by atoms with Gasteiger partial charge >= 0.3 is 0 Å². The van der Waals surface area contributed by atoms with Crippen LogP contribution in [0.15, 0.2) is 89.6 Å². The summed E-state index contributed by atoms with van der Waals surface area (Å²) in [5, 5.41) is 15.8. The SMILES string of the molecule is COc1ccc(NC(=O)[C@H](C)NC[C@H](Cc2ccsc2)NC(=O)c2cc(C(=O)NCc3ccccc3)cc(N(C)S(C)(=O)=O)c2)cc1. The topological polar surface area (TPSA) is 146 Å². The molecule has 0 fully saturated rings. The van der Waals surface area contributed by atoms with Crippen LogP contribution < -0.4 is 30.3 Å². The van der Waals surface area contributed by atoms with Gasteiger partial charge in [0.1, 0.15) is 5.75 Å². The molecule has 0 spiro atoms. The van der Waals surface area contributed by atoms with E-state index in [-0.39, 0.29) is 35.8 Å². The van der Waals surface area contributed by atoms with Gasteiger partial charge in [-0.2, -0.15) is 11.3 Å². The maximum Gasteiger partial charge on any atom is 0.251 e. The fraction of sp³-hybridized carbons (Fsp3) is 0.265. The van der Waals surface area contributed by atoms with Crippen molar-refractivity contribution in [1.82, 2.24) is 16.0 Å². The first-order valence-electron chi connectivity index (χ1n) is 14.8. The summed E-state index contributed by atoms with van der Waals surface area (Å²) in [6.07, 6.45) is 1.52. The monoisotopic (exact) mass is 677 g/mol. The molecule has 47 heavy (non-hydrogen) atoms. The van der Waals surface area contributed by atoms with Crippen LogP contribution in [0.3, 0.4) is 0 Å². The zero-order valence-electron chi connectivity index (χ0n) is 26.6. The number of sulfonamides is 1. The lowest BCUT2D eigenvalue weighted by atomic mass is 10.0. The molecule has 11 nitrogen and oxygen atoms in total.